The highest BCUT2D eigenvalue weighted by Crippen LogP contribution is 2.20. The average Bonchev–Trinajstić information content (AvgIpc) is 2.63. The summed E-state index contributed by atoms with van der Waals surface area (Å²) in [6.07, 6.45) is 3.77. The topological polar surface area (TPSA) is 106 Å². The van der Waals surface area contributed by atoms with E-state index >= 15 is 0 Å². The second-order valence-electron chi connectivity index (χ2n) is 3.52. The lowest BCUT2D eigenvalue weighted by atomic mass is 10.3. The molecule has 0 radical (unpaired) electrons. The monoisotopic (exact) mass is 255 g/mol. The Kier molecular flexibility index (Phi) is 2.80. The van der Waals surface area contributed by atoms with Crippen LogP contribution in [0.5, 0.6) is 5.75 Å². The SMILES string of the molecule is CS(=O)(=O)Cc1noc(-c2cncc(O)c2)n1. The maximum Gasteiger partial charge on any atom is 0.259 e. The molecule has 8 heteroatoms. The van der Waals surface area contributed by atoms with E-state index in [4.69, 9.17) is 4.52 Å². The van der Waals surface area contributed by atoms with E-state index in [0.717, 1.165) is 6.26 Å². The molecular weight excluding hydrogens is 246 g/mol. The van der Waals surface area contributed by atoms with Crippen molar-refractivity contribution in [1.29, 1.82) is 0 Å². The van der Waals surface area contributed by atoms with Gasteiger partial charge in [-0.3, -0.25) is 4.98 Å². The quantitative estimate of drug-likeness (QED) is 0.844. The Bertz CT molecular complexity index is 635. The van der Waals surface area contributed by atoms with Crippen molar-refractivity contribution < 1.29 is 18.0 Å². The van der Waals surface area contributed by atoms with Crippen molar-refractivity contribution >= 4 is 9.84 Å². The number of hydrogen-bond acceptors (Lipinski definition) is 7. The molecule has 0 fully saturated rings. The Balaban J connectivity index is 2.30. The van der Waals surface area contributed by atoms with E-state index in [-0.39, 0.29) is 23.2 Å². The molecule has 0 bridgehead atoms. The van der Waals surface area contributed by atoms with Gasteiger partial charge in [0.25, 0.3) is 5.89 Å². The summed E-state index contributed by atoms with van der Waals surface area (Å²) >= 11 is 0. The standard InChI is InChI=1S/C9H9N3O4S/c1-17(14,15)5-8-11-9(16-12-8)6-2-7(13)4-10-3-6/h2-4,13H,5H2,1H3. The molecule has 0 aliphatic carbocycles. The number of aromatic hydroxyl groups is 1. The lowest BCUT2D eigenvalue weighted by molar-refractivity contribution is 0.423. The number of nitrogens with zero attached hydrogens (tertiary/aromatic N) is 3. The van der Waals surface area contributed by atoms with Crippen LogP contribution < -0.4 is 0 Å². The van der Waals surface area contributed by atoms with Gasteiger partial charge in [-0.1, -0.05) is 5.16 Å². The maximum atomic E-state index is 11.0. The third-order valence-electron chi connectivity index (χ3n) is 1.83. The Labute approximate surface area is 97.0 Å². The van der Waals surface area contributed by atoms with Crippen molar-refractivity contribution in [3.63, 3.8) is 0 Å². The molecular formula is C9H9N3O4S. The van der Waals surface area contributed by atoms with Crippen LogP contribution in [0.1, 0.15) is 5.82 Å². The number of hydrogen-bond donors (Lipinski definition) is 1. The first-order valence-corrected chi connectivity index (χ1v) is 6.65. The largest absolute Gasteiger partial charge is 0.506 e. The van der Waals surface area contributed by atoms with Crippen molar-refractivity contribution in [3.8, 4) is 17.2 Å². The molecule has 0 aromatic carbocycles. The van der Waals surface area contributed by atoms with Crippen LogP contribution in [0.3, 0.4) is 0 Å². The zero-order valence-corrected chi connectivity index (χ0v) is 9.68. The van der Waals surface area contributed by atoms with Gasteiger partial charge in [0.05, 0.1) is 11.8 Å². The van der Waals surface area contributed by atoms with Crippen molar-refractivity contribution in [2.75, 3.05) is 6.26 Å². The fourth-order valence-corrected chi connectivity index (χ4v) is 1.80. The van der Waals surface area contributed by atoms with Crippen LogP contribution in [-0.2, 0) is 15.6 Å². The highest BCUT2D eigenvalue weighted by molar-refractivity contribution is 7.89. The van der Waals surface area contributed by atoms with Gasteiger partial charge in [-0.2, -0.15) is 4.98 Å². The third kappa shape index (κ3) is 3.00. The highest BCUT2D eigenvalue weighted by atomic mass is 32.2. The second kappa shape index (κ2) is 4.13. The number of sulfone groups is 1. The summed E-state index contributed by atoms with van der Waals surface area (Å²) in [6.45, 7) is 0. The Morgan fingerprint density at radius 1 is 1.41 bits per heavy atom. The summed E-state index contributed by atoms with van der Waals surface area (Å²) in [5, 5.41) is 12.8. The third-order valence-corrected chi connectivity index (χ3v) is 2.61. The van der Waals surface area contributed by atoms with Crippen LogP contribution in [0.15, 0.2) is 23.0 Å². The van der Waals surface area contributed by atoms with Crippen LogP contribution in [0.4, 0.5) is 0 Å². The Morgan fingerprint density at radius 2 is 2.18 bits per heavy atom. The molecule has 17 heavy (non-hydrogen) atoms. The van der Waals surface area contributed by atoms with Crippen LogP contribution >= 0.6 is 0 Å². The molecule has 2 rings (SSSR count). The van der Waals surface area contributed by atoms with E-state index in [0.29, 0.717) is 5.56 Å². The van der Waals surface area contributed by atoms with Gasteiger partial charge in [-0.25, -0.2) is 8.42 Å². The molecule has 1 N–H and O–H groups in total. The van der Waals surface area contributed by atoms with E-state index in [1.54, 1.807) is 0 Å². The van der Waals surface area contributed by atoms with E-state index < -0.39 is 9.84 Å². The molecule has 7 nitrogen and oxygen atoms in total. The first kappa shape index (κ1) is 11.5. The van der Waals surface area contributed by atoms with Crippen LogP contribution in [-0.4, -0.2) is 34.9 Å². The van der Waals surface area contributed by atoms with Gasteiger partial charge < -0.3 is 9.63 Å². The zero-order chi connectivity index (χ0) is 12.5. The lowest BCUT2D eigenvalue weighted by Gasteiger charge is -1.93. The van der Waals surface area contributed by atoms with E-state index in [1.807, 2.05) is 0 Å². The molecule has 0 saturated carbocycles. The van der Waals surface area contributed by atoms with Crippen LogP contribution in [0.2, 0.25) is 0 Å². The Hall–Kier alpha value is -1.96. The maximum absolute atomic E-state index is 11.0. The summed E-state index contributed by atoms with van der Waals surface area (Å²) < 4.78 is 26.9. The summed E-state index contributed by atoms with van der Waals surface area (Å²) in [4.78, 5) is 7.65. The van der Waals surface area contributed by atoms with E-state index in [9.17, 15) is 13.5 Å². The first-order chi connectivity index (χ1) is 7.94. The summed E-state index contributed by atoms with van der Waals surface area (Å²) in [5.41, 5.74) is 0.428. The van der Waals surface area contributed by atoms with Gasteiger partial charge in [0, 0.05) is 12.5 Å². The molecule has 0 aliphatic rings. The predicted octanol–water partition coefficient (Wildman–Crippen LogP) is 0.382. The lowest BCUT2D eigenvalue weighted by Crippen LogP contribution is -2.02. The minimum atomic E-state index is -3.20. The number of aromatic nitrogens is 3. The predicted molar refractivity (Wildman–Crippen MR) is 57.7 cm³/mol. The molecule has 0 aliphatic heterocycles. The second-order valence-corrected chi connectivity index (χ2v) is 5.66. The number of rotatable bonds is 3. The fourth-order valence-electron chi connectivity index (χ4n) is 1.21. The van der Waals surface area contributed by atoms with Crippen molar-refractivity contribution in [3.05, 3.63) is 24.3 Å². The smallest absolute Gasteiger partial charge is 0.259 e. The molecule has 2 heterocycles. The average molecular weight is 255 g/mol. The van der Waals surface area contributed by atoms with Gasteiger partial charge in [0.15, 0.2) is 15.7 Å². The minimum Gasteiger partial charge on any atom is -0.506 e. The van der Waals surface area contributed by atoms with Crippen molar-refractivity contribution in [2.45, 2.75) is 5.75 Å². The molecule has 0 unspecified atom stereocenters. The molecule has 90 valence electrons. The van der Waals surface area contributed by atoms with Crippen molar-refractivity contribution in [2.24, 2.45) is 0 Å². The van der Waals surface area contributed by atoms with Gasteiger partial charge in [-0.05, 0) is 6.07 Å². The zero-order valence-electron chi connectivity index (χ0n) is 8.86. The Morgan fingerprint density at radius 3 is 2.82 bits per heavy atom. The highest BCUT2D eigenvalue weighted by Gasteiger charge is 2.13. The van der Waals surface area contributed by atoms with E-state index in [2.05, 4.69) is 15.1 Å². The molecule has 0 atom stereocenters. The molecule has 0 spiro atoms. The van der Waals surface area contributed by atoms with Crippen LogP contribution in [0, 0.1) is 0 Å². The molecule has 0 amide bonds. The van der Waals surface area contributed by atoms with Gasteiger partial charge in [-0.15, -0.1) is 0 Å². The number of pyridine rings is 1. The van der Waals surface area contributed by atoms with Crippen LogP contribution in [0.25, 0.3) is 11.5 Å². The molecule has 0 saturated heterocycles. The summed E-state index contributed by atoms with van der Waals surface area (Å²) in [6, 6.07) is 1.39. The minimum absolute atomic E-state index is 0.0367. The summed E-state index contributed by atoms with van der Waals surface area (Å²) in [5.74, 6) is -0.133. The molecule has 2 aromatic rings. The van der Waals surface area contributed by atoms with E-state index in [1.165, 1.54) is 18.5 Å². The summed E-state index contributed by atoms with van der Waals surface area (Å²) in [7, 11) is -3.20. The normalized spacial score (nSPS) is 11.6. The fraction of sp³-hybridized carbons (Fsp3) is 0.222. The first-order valence-electron chi connectivity index (χ1n) is 4.59. The van der Waals surface area contributed by atoms with Gasteiger partial charge >= 0.3 is 0 Å². The molecule has 2 aromatic heterocycles. The van der Waals surface area contributed by atoms with Gasteiger partial charge in [0.2, 0.25) is 0 Å². The van der Waals surface area contributed by atoms with Crippen molar-refractivity contribution in [1.82, 2.24) is 15.1 Å². The van der Waals surface area contributed by atoms with Gasteiger partial charge in [0.1, 0.15) is 11.5 Å².